The highest BCUT2D eigenvalue weighted by molar-refractivity contribution is 7.13. The maximum Gasteiger partial charge on any atom is 0.223 e. The van der Waals surface area contributed by atoms with Crippen molar-refractivity contribution in [3.8, 4) is 0 Å². The van der Waals surface area contributed by atoms with Crippen molar-refractivity contribution in [1.82, 2.24) is 9.88 Å². The summed E-state index contributed by atoms with van der Waals surface area (Å²) in [4.78, 5) is 18.0. The molecule has 0 atom stereocenters. The van der Waals surface area contributed by atoms with E-state index >= 15 is 0 Å². The monoisotopic (exact) mass is 281 g/mol. The number of anilines is 1. The van der Waals surface area contributed by atoms with Gasteiger partial charge in [0, 0.05) is 24.9 Å². The molecule has 0 radical (unpaired) electrons. The molecule has 2 rings (SSSR count). The molecule has 106 valence electrons. The van der Waals surface area contributed by atoms with E-state index in [1.165, 1.54) is 50.4 Å². The lowest BCUT2D eigenvalue weighted by Gasteiger charge is -2.32. The van der Waals surface area contributed by atoms with Crippen molar-refractivity contribution >= 4 is 22.4 Å². The number of rotatable bonds is 5. The lowest BCUT2D eigenvalue weighted by atomic mass is 9.94. The minimum absolute atomic E-state index is 0.0551. The number of carbonyl (C=O) groups excluding carboxylic acids is 1. The zero-order valence-corrected chi connectivity index (χ0v) is 12.6. The molecular formula is C14H23N3OS. The van der Waals surface area contributed by atoms with Gasteiger partial charge in [-0.15, -0.1) is 11.3 Å². The quantitative estimate of drug-likeness (QED) is 0.901. The fourth-order valence-electron chi connectivity index (χ4n) is 2.74. The number of carbonyl (C=O) groups is 1. The van der Waals surface area contributed by atoms with Gasteiger partial charge in [0.2, 0.25) is 5.91 Å². The second kappa shape index (κ2) is 7.01. The van der Waals surface area contributed by atoms with Crippen molar-refractivity contribution in [1.29, 1.82) is 0 Å². The van der Waals surface area contributed by atoms with Gasteiger partial charge in [-0.2, -0.15) is 0 Å². The van der Waals surface area contributed by atoms with Crippen molar-refractivity contribution < 1.29 is 4.79 Å². The van der Waals surface area contributed by atoms with E-state index in [4.69, 9.17) is 0 Å². The Morgan fingerprint density at radius 1 is 1.47 bits per heavy atom. The molecule has 1 N–H and O–H groups in total. The summed E-state index contributed by atoms with van der Waals surface area (Å²) in [5.41, 5.74) is 1.07. The SMILES string of the molecule is CCN(Cc1csc(NC(C)=O)n1)C1CCCCC1. The molecule has 1 saturated carbocycles. The van der Waals surface area contributed by atoms with E-state index in [1.807, 2.05) is 0 Å². The first-order chi connectivity index (χ1) is 9.19. The molecule has 1 fully saturated rings. The van der Waals surface area contributed by atoms with Crippen molar-refractivity contribution in [2.24, 2.45) is 0 Å². The second-order valence-corrected chi connectivity index (χ2v) is 6.04. The summed E-state index contributed by atoms with van der Waals surface area (Å²) in [6.45, 7) is 5.70. The molecule has 19 heavy (non-hydrogen) atoms. The van der Waals surface area contributed by atoms with Crippen molar-refractivity contribution in [2.45, 2.75) is 58.5 Å². The Morgan fingerprint density at radius 3 is 2.84 bits per heavy atom. The molecule has 0 aromatic carbocycles. The van der Waals surface area contributed by atoms with E-state index in [1.54, 1.807) is 0 Å². The van der Waals surface area contributed by atoms with Gasteiger partial charge in [-0.05, 0) is 19.4 Å². The molecule has 0 aliphatic heterocycles. The fraction of sp³-hybridized carbons (Fsp3) is 0.714. The van der Waals surface area contributed by atoms with E-state index in [-0.39, 0.29) is 5.91 Å². The van der Waals surface area contributed by atoms with Crippen LogP contribution in [0.3, 0.4) is 0 Å². The first-order valence-electron chi connectivity index (χ1n) is 7.15. The van der Waals surface area contributed by atoms with Crippen LogP contribution in [0.5, 0.6) is 0 Å². The molecule has 0 spiro atoms. The number of nitrogens with zero attached hydrogens (tertiary/aromatic N) is 2. The molecule has 0 unspecified atom stereocenters. The zero-order chi connectivity index (χ0) is 13.7. The Kier molecular flexibility index (Phi) is 5.34. The second-order valence-electron chi connectivity index (χ2n) is 5.18. The van der Waals surface area contributed by atoms with Crippen LogP contribution in [0.2, 0.25) is 0 Å². The maximum atomic E-state index is 11.0. The van der Waals surface area contributed by atoms with Crippen molar-refractivity contribution in [2.75, 3.05) is 11.9 Å². The summed E-state index contributed by atoms with van der Waals surface area (Å²) in [7, 11) is 0. The Labute approximate surface area is 119 Å². The van der Waals surface area contributed by atoms with Crippen molar-refractivity contribution in [3.05, 3.63) is 11.1 Å². The number of thiazole rings is 1. The highest BCUT2D eigenvalue weighted by Gasteiger charge is 2.20. The van der Waals surface area contributed by atoms with E-state index in [0.717, 1.165) is 18.8 Å². The van der Waals surface area contributed by atoms with E-state index in [2.05, 4.69) is 27.5 Å². The van der Waals surface area contributed by atoms with Crippen LogP contribution in [0.1, 0.15) is 51.6 Å². The third-order valence-electron chi connectivity index (χ3n) is 3.70. The Balaban J connectivity index is 1.93. The number of aromatic nitrogens is 1. The largest absolute Gasteiger partial charge is 0.302 e. The summed E-state index contributed by atoms with van der Waals surface area (Å²) in [6, 6.07) is 0.713. The molecule has 0 saturated heterocycles. The van der Waals surface area contributed by atoms with Gasteiger partial charge >= 0.3 is 0 Å². The summed E-state index contributed by atoms with van der Waals surface area (Å²) in [5.74, 6) is -0.0551. The normalized spacial score (nSPS) is 16.8. The first kappa shape index (κ1) is 14.5. The number of nitrogens with one attached hydrogen (secondary N) is 1. The summed E-state index contributed by atoms with van der Waals surface area (Å²) in [6.07, 6.45) is 6.73. The van der Waals surface area contributed by atoms with Crippen molar-refractivity contribution in [3.63, 3.8) is 0 Å². The summed E-state index contributed by atoms with van der Waals surface area (Å²) < 4.78 is 0. The zero-order valence-electron chi connectivity index (χ0n) is 11.8. The van der Waals surface area contributed by atoms with Gasteiger partial charge < -0.3 is 5.32 Å². The van der Waals surface area contributed by atoms with Crippen LogP contribution in [0.25, 0.3) is 0 Å². The van der Waals surface area contributed by atoms with Gasteiger partial charge in [-0.25, -0.2) is 4.98 Å². The third-order valence-corrected chi connectivity index (χ3v) is 4.50. The minimum Gasteiger partial charge on any atom is -0.302 e. The van der Waals surface area contributed by atoms with E-state index in [0.29, 0.717) is 11.2 Å². The minimum atomic E-state index is -0.0551. The van der Waals surface area contributed by atoms with Gasteiger partial charge in [0.05, 0.1) is 5.69 Å². The van der Waals surface area contributed by atoms with Crippen LogP contribution in [-0.4, -0.2) is 28.4 Å². The van der Waals surface area contributed by atoms with Gasteiger partial charge in [-0.1, -0.05) is 26.2 Å². The van der Waals surface area contributed by atoms with Gasteiger partial charge in [0.25, 0.3) is 0 Å². The first-order valence-corrected chi connectivity index (χ1v) is 8.03. The summed E-state index contributed by atoms with van der Waals surface area (Å²) >= 11 is 1.51. The molecule has 1 amide bonds. The van der Waals surface area contributed by atoms with Gasteiger partial charge in [0.1, 0.15) is 0 Å². The molecule has 1 aliphatic rings. The number of amides is 1. The average Bonchev–Trinajstić information content (AvgIpc) is 2.83. The molecule has 5 heteroatoms. The predicted octanol–water partition coefficient (Wildman–Crippen LogP) is 3.26. The fourth-order valence-corrected chi connectivity index (χ4v) is 3.49. The van der Waals surface area contributed by atoms with Crippen LogP contribution in [0, 0.1) is 0 Å². The lowest BCUT2D eigenvalue weighted by molar-refractivity contribution is -0.114. The molecular weight excluding hydrogens is 258 g/mol. The number of hydrogen-bond donors (Lipinski definition) is 1. The van der Waals surface area contributed by atoms with Crippen LogP contribution in [-0.2, 0) is 11.3 Å². The molecule has 1 aromatic heterocycles. The van der Waals surface area contributed by atoms with Crippen LogP contribution in [0.4, 0.5) is 5.13 Å². The molecule has 1 aromatic rings. The predicted molar refractivity (Wildman–Crippen MR) is 79.4 cm³/mol. The van der Waals surface area contributed by atoms with E-state index < -0.39 is 0 Å². The molecule has 1 heterocycles. The average molecular weight is 281 g/mol. The highest BCUT2D eigenvalue weighted by atomic mass is 32.1. The topological polar surface area (TPSA) is 45.2 Å². The lowest BCUT2D eigenvalue weighted by Crippen LogP contribution is -2.36. The summed E-state index contributed by atoms with van der Waals surface area (Å²) in [5, 5.41) is 5.51. The maximum absolute atomic E-state index is 11.0. The van der Waals surface area contributed by atoms with Gasteiger partial charge in [0.15, 0.2) is 5.13 Å². The van der Waals surface area contributed by atoms with Crippen LogP contribution in [0.15, 0.2) is 5.38 Å². The van der Waals surface area contributed by atoms with Gasteiger partial charge in [-0.3, -0.25) is 9.69 Å². The Hall–Kier alpha value is -0.940. The number of hydrogen-bond acceptors (Lipinski definition) is 4. The van der Waals surface area contributed by atoms with E-state index in [9.17, 15) is 4.79 Å². The standard InChI is InChI=1S/C14H23N3OS/c1-3-17(13-7-5-4-6-8-13)9-12-10-19-14(16-12)15-11(2)18/h10,13H,3-9H2,1-2H3,(H,15,16,18). The molecule has 0 bridgehead atoms. The molecule has 4 nitrogen and oxygen atoms in total. The Bertz CT molecular complexity index is 413. The highest BCUT2D eigenvalue weighted by Crippen LogP contribution is 2.24. The smallest absolute Gasteiger partial charge is 0.223 e. The molecule has 1 aliphatic carbocycles. The van der Waals surface area contributed by atoms with Crippen LogP contribution < -0.4 is 5.32 Å². The Morgan fingerprint density at radius 2 is 2.21 bits per heavy atom. The van der Waals surface area contributed by atoms with Crippen LogP contribution >= 0.6 is 11.3 Å². The third kappa shape index (κ3) is 4.28.